The molecule has 0 unspecified atom stereocenters. The molecule has 4 aromatic heterocycles. The molecule has 1 aliphatic heterocycles. The first-order valence-corrected chi connectivity index (χ1v) is 19.8. The summed E-state index contributed by atoms with van der Waals surface area (Å²) < 4.78 is 100.0. The number of likely N-dealkylation sites (N-methyl/N-ethyl adjacent to an activating group) is 1. The zero-order valence-electron chi connectivity index (χ0n) is 35.0. The fourth-order valence-corrected chi connectivity index (χ4v) is 7.04. The fraction of sp³-hybridized carbons (Fsp3) is 0.463. The Morgan fingerprint density at radius 2 is 1.45 bits per heavy atom. The molecule has 1 saturated carbocycles. The average molecular weight is 873 g/mol. The van der Waals surface area contributed by atoms with Gasteiger partial charge in [-0.05, 0) is 91.3 Å². The van der Waals surface area contributed by atoms with Crippen molar-refractivity contribution in [2.24, 2.45) is 0 Å². The van der Waals surface area contributed by atoms with E-state index in [1.54, 1.807) is 52.3 Å². The standard InChI is InChI=1S/C41H46F6N10O5/c1-38(2,3)61-36(59)57(37(60)62-39(4,5)6)34-31-26(20-55(25-10-11-25)33(31)48-22-49-34)29-13-12-28(32-52-30(21-56(29)32)41(45,46)47)51-35(58)50-24-9-8-23(27(18-24)40(42,43)44)19-54-16-14-53(7)15-17-54/h8-9,12-13,18,20-22,25H,10-11,14-17,19H2,1-7H3,(H2,50,51,58). The van der Waals surface area contributed by atoms with Gasteiger partial charge in [0.1, 0.15) is 23.2 Å². The summed E-state index contributed by atoms with van der Waals surface area (Å²) in [7, 11) is 1.93. The lowest BCUT2D eigenvalue weighted by molar-refractivity contribution is -0.141. The molecule has 1 aromatic carbocycles. The zero-order chi connectivity index (χ0) is 45.1. The number of carbonyl (C=O) groups excluding carboxylic acids is 3. The highest BCUT2D eigenvalue weighted by atomic mass is 19.4. The first-order chi connectivity index (χ1) is 28.9. The molecular formula is C41H46F6N10O5. The molecule has 5 heterocycles. The summed E-state index contributed by atoms with van der Waals surface area (Å²) in [5, 5.41) is 4.90. The maximum Gasteiger partial charge on any atom is 0.434 e. The summed E-state index contributed by atoms with van der Waals surface area (Å²) in [5.41, 5.74) is -4.70. The number of rotatable bonds is 7. The van der Waals surface area contributed by atoms with Gasteiger partial charge in [0, 0.05) is 62.4 Å². The van der Waals surface area contributed by atoms with Gasteiger partial charge in [0.25, 0.3) is 0 Å². The Hall–Kier alpha value is -5.96. The van der Waals surface area contributed by atoms with E-state index in [2.05, 4.69) is 30.5 Å². The van der Waals surface area contributed by atoms with Crippen molar-refractivity contribution >= 4 is 52.1 Å². The molecule has 4 amide bonds. The predicted octanol–water partition coefficient (Wildman–Crippen LogP) is 9.19. The van der Waals surface area contributed by atoms with Gasteiger partial charge < -0.3 is 29.6 Å². The van der Waals surface area contributed by atoms with Crippen LogP contribution in [-0.2, 0) is 28.4 Å². The van der Waals surface area contributed by atoms with Crippen molar-refractivity contribution in [2.45, 2.75) is 90.5 Å². The normalized spacial score (nSPS) is 15.8. The minimum Gasteiger partial charge on any atom is -0.443 e. The third-order valence-electron chi connectivity index (χ3n) is 9.99. The lowest BCUT2D eigenvalue weighted by Gasteiger charge is -2.33. The lowest BCUT2D eigenvalue weighted by Crippen LogP contribution is -2.44. The summed E-state index contributed by atoms with van der Waals surface area (Å²) in [6.45, 7) is 12.2. The molecule has 15 nitrogen and oxygen atoms in total. The largest absolute Gasteiger partial charge is 0.443 e. The van der Waals surface area contributed by atoms with Gasteiger partial charge in [0.15, 0.2) is 17.2 Å². The van der Waals surface area contributed by atoms with Crippen LogP contribution < -0.4 is 15.5 Å². The Balaban J connectivity index is 1.29. The lowest BCUT2D eigenvalue weighted by atomic mass is 10.0. The van der Waals surface area contributed by atoms with Gasteiger partial charge in [-0.3, -0.25) is 9.30 Å². The van der Waals surface area contributed by atoms with Crippen LogP contribution in [0.25, 0.3) is 27.9 Å². The fourth-order valence-electron chi connectivity index (χ4n) is 7.04. The third-order valence-corrected chi connectivity index (χ3v) is 9.99. The molecule has 1 saturated heterocycles. The number of nitrogens with one attached hydrogen (secondary N) is 2. The van der Waals surface area contributed by atoms with Crippen molar-refractivity contribution in [3.63, 3.8) is 0 Å². The van der Waals surface area contributed by atoms with Crippen molar-refractivity contribution in [3.8, 4) is 11.3 Å². The Morgan fingerprint density at radius 1 is 0.806 bits per heavy atom. The molecule has 0 bridgehead atoms. The summed E-state index contributed by atoms with van der Waals surface area (Å²) in [4.78, 5) is 58.2. The number of ether oxygens (including phenoxy) is 2. The molecule has 62 heavy (non-hydrogen) atoms. The number of amides is 4. The first-order valence-electron chi connectivity index (χ1n) is 19.8. The first kappa shape index (κ1) is 44.1. The zero-order valence-corrected chi connectivity index (χ0v) is 35.0. The monoisotopic (exact) mass is 872 g/mol. The molecule has 1 aliphatic carbocycles. The molecule has 7 rings (SSSR count). The van der Waals surface area contributed by atoms with Crippen molar-refractivity contribution in [1.82, 2.24) is 33.7 Å². The number of hydrogen-bond acceptors (Lipinski definition) is 10. The van der Waals surface area contributed by atoms with E-state index in [0.29, 0.717) is 37.3 Å². The molecule has 0 atom stereocenters. The van der Waals surface area contributed by atoms with Gasteiger partial charge in [-0.15, -0.1) is 0 Å². The molecule has 332 valence electrons. The summed E-state index contributed by atoms with van der Waals surface area (Å²) in [6.07, 6.45) is -7.02. The van der Waals surface area contributed by atoms with Crippen LogP contribution in [0.15, 0.2) is 49.1 Å². The number of nitrogens with zero attached hydrogens (tertiary/aromatic N) is 8. The van der Waals surface area contributed by atoms with Crippen LogP contribution in [0.5, 0.6) is 0 Å². The molecule has 2 N–H and O–H groups in total. The van der Waals surface area contributed by atoms with Crippen LogP contribution >= 0.6 is 0 Å². The highest BCUT2D eigenvalue weighted by Crippen LogP contribution is 2.44. The number of alkyl halides is 6. The topological polar surface area (TPSA) is 151 Å². The number of urea groups is 1. The number of carbonyl (C=O) groups is 3. The van der Waals surface area contributed by atoms with E-state index in [-0.39, 0.29) is 63.3 Å². The molecule has 2 aliphatic rings. The number of imide groups is 1. The highest BCUT2D eigenvalue weighted by Gasteiger charge is 2.39. The van der Waals surface area contributed by atoms with E-state index in [1.807, 2.05) is 11.9 Å². The maximum atomic E-state index is 14.4. The minimum absolute atomic E-state index is 0.0271. The van der Waals surface area contributed by atoms with Crippen LogP contribution in [0.3, 0.4) is 0 Å². The molecule has 2 fully saturated rings. The number of halogens is 6. The molecule has 21 heteroatoms. The van der Waals surface area contributed by atoms with Crippen molar-refractivity contribution in [1.29, 1.82) is 0 Å². The number of anilines is 3. The summed E-state index contributed by atoms with van der Waals surface area (Å²) in [5.74, 6) is -0.272. The van der Waals surface area contributed by atoms with Crippen LogP contribution in [0.4, 0.5) is 57.9 Å². The Bertz CT molecular complexity index is 2500. The van der Waals surface area contributed by atoms with E-state index in [4.69, 9.17) is 9.47 Å². The second-order valence-corrected chi connectivity index (χ2v) is 17.4. The Kier molecular flexibility index (Phi) is 11.4. The number of aromatic nitrogens is 5. The average Bonchev–Trinajstić information content (AvgIpc) is 3.74. The van der Waals surface area contributed by atoms with E-state index < -0.39 is 53.0 Å². The molecule has 0 radical (unpaired) electrons. The van der Waals surface area contributed by atoms with Crippen LogP contribution in [0, 0.1) is 0 Å². The Morgan fingerprint density at radius 3 is 2.03 bits per heavy atom. The SMILES string of the molecule is CN1CCN(Cc2ccc(NC(=O)Nc3ccc(-c4cn(C5CC5)c5ncnc(N(C(=O)OC(C)(C)C)C(=O)OC(C)(C)C)c45)n4cc(C(F)(F)F)nc34)cc2C(F)(F)F)CC1. The second kappa shape index (κ2) is 16.1. The number of hydrogen-bond donors (Lipinski definition) is 2. The van der Waals surface area contributed by atoms with Gasteiger partial charge in [0.05, 0.1) is 22.3 Å². The van der Waals surface area contributed by atoms with E-state index in [0.717, 1.165) is 29.6 Å². The molecule has 0 spiro atoms. The van der Waals surface area contributed by atoms with Crippen LogP contribution in [0.2, 0.25) is 0 Å². The number of benzene rings is 1. The summed E-state index contributed by atoms with van der Waals surface area (Å²) in [6, 6.07) is 4.96. The van der Waals surface area contributed by atoms with Crippen molar-refractivity contribution in [2.75, 3.05) is 48.8 Å². The molecule has 5 aromatic rings. The van der Waals surface area contributed by atoms with Crippen LogP contribution in [-0.4, -0.2) is 96.4 Å². The van der Waals surface area contributed by atoms with Crippen molar-refractivity contribution < 1.29 is 50.2 Å². The minimum atomic E-state index is -4.96. The maximum absolute atomic E-state index is 14.4. The third kappa shape index (κ3) is 9.72. The predicted molar refractivity (Wildman–Crippen MR) is 217 cm³/mol. The number of piperazine rings is 1. The van der Waals surface area contributed by atoms with Crippen molar-refractivity contribution in [3.05, 3.63) is 65.9 Å². The number of fused-ring (bicyclic) bond motifs is 2. The van der Waals surface area contributed by atoms with E-state index in [9.17, 15) is 40.7 Å². The Labute approximate surface area is 352 Å². The van der Waals surface area contributed by atoms with Gasteiger partial charge in [0.2, 0.25) is 0 Å². The second-order valence-electron chi connectivity index (χ2n) is 17.4. The van der Waals surface area contributed by atoms with Gasteiger partial charge in [-0.25, -0.2) is 29.3 Å². The van der Waals surface area contributed by atoms with Gasteiger partial charge >= 0.3 is 30.6 Å². The quantitative estimate of drug-likeness (QED) is 0.152. The summed E-state index contributed by atoms with van der Waals surface area (Å²) >= 11 is 0. The van der Waals surface area contributed by atoms with Crippen LogP contribution in [0.1, 0.15) is 77.2 Å². The number of pyridine rings is 1. The smallest absolute Gasteiger partial charge is 0.434 e. The van der Waals surface area contributed by atoms with Gasteiger partial charge in [-0.1, -0.05) is 6.07 Å². The van der Waals surface area contributed by atoms with Gasteiger partial charge in [-0.2, -0.15) is 31.2 Å². The number of imidazole rings is 1. The highest BCUT2D eigenvalue weighted by molar-refractivity contribution is 6.16. The van der Waals surface area contributed by atoms with E-state index in [1.165, 1.54) is 24.3 Å². The van der Waals surface area contributed by atoms with E-state index >= 15 is 0 Å². The molecular weight excluding hydrogens is 827 g/mol.